The largest absolute Gasteiger partial charge is 0.249 e. The average Bonchev–Trinajstić information content (AvgIpc) is 3.09. The normalized spacial score (nSPS) is 11.6. The minimum absolute atomic E-state index is 0.0204. The lowest BCUT2D eigenvalue weighted by atomic mass is 10.1. The Morgan fingerprint density at radius 3 is 2.56 bits per heavy atom. The first kappa shape index (κ1) is 17.2. The Morgan fingerprint density at radius 1 is 1.04 bits per heavy atom. The Morgan fingerprint density at radius 2 is 1.84 bits per heavy atom. The Balaban J connectivity index is 1.71. The summed E-state index contributed by atoms with van der Waals surface area (Å²) in [7, 11) is -3.94. The summed E-state index contributed by atoms with van der Waals surface area (Å²) in [6, 6.07) is 9.72. The standard InChI is InChI=1S/C16H14F2N4O2S/c17-15-5-4-14(7-16(15)18)25(23,24)21-8-12-2-1-3-13(6-12)9-22-11-19-10-20-22/h1-7,10-11,21H,8-9H2. The minimum atomic E-state index is -3.94. The lowest BCUT2D eigenvalue weighted by Crippen LogP contribution is -2.23. The first-order chi connectivity index (χ1) is 11.9. The smallest absolute Gasteiger partial charge is 0.240 e. The van der Waals surface area contributed by atoms with Crippen molar-refractivity contribution < 1.29 is 17.2 Å². The van der Waals surface area contributed by atoms with Crippen LogP contribution in [0.4, 0.5) is 8.78 Å². The number of hydrogen-bond donors (Lipinski definition) is 1. The van der Waals surface area contributed by atoms with Gasteiger partial charge in [0.25, 0.3) is 0 Å². The molecule has 0 fully saturated rings. The van der Waals surface area contributed by atoms with Crippen molar-refractivity contribution >= 4 is 10.0 Å². The van der Waals surface area contributed by atoms with E-state index in [1.54, 1.807) is 23.1 Å². The SMILES string of the molecule is O=S(=O)(NCc1cccc(Cn2cncn2)c1)c1ccc(F)c(F)c1. The van der Waals surface area contributed by atoms with Crippen LogP contribution < -0.4 is 4.72 Å². The van der Waals surface area contributed by atoms with Crippen molar-refractivity contribution in [1.29, 1.82) is 0 Å². The zero-order chi connectivity index (χ0) is 17.9. The van der Waals surface area contributed by atoms with Crippen LogP contribution in [-0.4, -0.2) is 23.2 Å². The van der Waals surface area contributed by atoms with E-state index in [1.165, 1.54) is 6.33 Å². The first-order valence-electron chi connectivity index (χ1n) is 7.29. The number of nitrogens with one attached hydrogen (secondary N) is 1. The molecule has 9 heteroatoms. The maximum atomic E-state index is 13.2. The van der Waals surface area contributed by atoms with Gasteiger partial charge in [-0.25, -0.2) is 31.6 Å². The molecule has 25 heavy (non-hydrogen) atoms. The van der Waals surface area contributed by atoms with Crippen molar-refractivity contribution in [3.63, 3.8) is 0 Å². The van der Waals surface area contributed by atoms with Gasteiger partial charge >= 0.3 is 0 Å². The van der Waals surface area contributed by atoms with Gasteiger partial charge in [-0.3, -0.25) is 0 Å². The molecular formula is C16H14F2N4O2S. The predicted molar refractivity (Wildman–Crippen MR) is 85.9 cm³/mol. The predicted octanol–water partition coefficient (Wildman–Crippen LogP) is 2.08. The average molecular weight is 364 g/mol. The summed E-state index contributed by atoms with van der Waals surface area (Å²) >= 11 is 0. The van der Waals surface area contributed by atoms with E-state index in [-0.39, 0.29) is 11.4 Å². The fourth-order valence-electron chi connectivity index (χ4n) is 2.25. The number of benzene rings is 2. The molecule has 0 radical (unpaired) electrons. The van der Waals surface area contributed by atoms with Crippen molar-refractivity contribution in [2.24, 2.45) is 0 Å². The third-order valence-corrected chi connectivity index (χ3v) is 4.87. The first-order valence-corrected chi connectivity index (χ1v) is 8.77. The molecule has 0 spiro atoms. The molecule has 0 unspecified atom stereocenters. The second-order valence-corrected chi connectivity index (χ2v) is 7.08. The zero-order valence-electron chi connectivity index (χ0n) is 12.9. The van der Waals surface area contributed by atoms with Crippen LogP contribution in [0.25, 0.3) is 0 Å². The third kappa shape index (κ3) is 4.25. The van der Waals surface area contributed by atoms with Crippen molar-refractivity contribution in [1.82, 2.24) is 19.5 Å². The van der Waals surface area contributed by atoms with Crippen LogP contribution in [0, 0.1) is 11.6 Å². The lowest BCUT2D eigenvalue weighted by Gasteiger charge is -2.09. The Labute approximate surface area is 143 Å². The molecule has 130 valence electrons. The summed E-state index contributed by atoms with van der Waals surface area (Å²) in [6.45, 7) is 0.524. The molecule has 3 rings (SSSR count). The second kappa shape index (κ2) is 7.08. The molecule has 6 nitrogen and oxygen atoms in total. The Bertz CT molecular complexity index is 976. The zero-order valence-corrected chi connectivity index (χ0v) is 13.7. The van der Waals surface area contributed by atoms with Crippen LogP contribution in [0.15, 0.2) is 60.0 Å². The van der Waals surface area contributed by atoms with Crippen molar-refractivity contribution in [3.8, 4) is 0 Å². The summed E-state index contributed by atoms with van der Waals surface area (Å²) in [6.07, 6.45) is 3.01. The van der Waals surface area contributed by atoms with E-state index in [4.69, 9.17) is 0 Å². The van der Waals surface area contributed by atoms with Crippen LogP contribution in [0.1, 0.15) is 11.1 Å². The van der Waals surface area contributed by atoms with E-state index in [9.17, 15) is 17.2 Å². The Hall–Kier alpha value is -2.65. The lowest BCUT2D eigenvalue weighted by molar-refractivity contribution is 0.504. The highest BCUT2D eigenvalue weighted by Crippen LogP contribution is 2.14. The number of sulfonamides is 1. The molecule has 3 aromatic rings. The number of rotatable bonds is 6. The molecular weight excluding hydrogens is 350 g/mol. The molecule has 0 atom stereocenters. The minimum Gasteiger partial charge on any atom is -0.249 e. The van der Waals surface area contributed by atoms with Gasteiger partial charge in [-0.05, 0) is 29.3 Å². The third-order valence-electron chi connectivity index (χ3n) is 3.47. The van der Waals surface area contributed by atoms with E-state index in [1.807, 2.05) is 12.1 Å². The highest BCUT2D eigenvalue weighted by Gasteiger charge is 2.16. The number of hydrogen-bond acceptors (Lipinski definition) is 4. The highest BCUT2D eigenvalue weighted by atomic mass is 32.2. The fourth-order valence-corrected chi connectivity index (χ4v) is 3.27. The molecule has 0 aliphatic heterocycles. The molecule has 1 N–H and O–H groups in total. The summed E-state index contributed by atoms with van der Waals surface area (Å²) in [5.41, 5.74) is 1.65. The van der Waals surface area contributed by atoms with Gasteiger partial charge in [0.1, 0.15) is 12.7 Å². The molecule has 0 aliphatic carbocycles. The van der Waals surface area contributed by atoms with E-state index >= 15 is 0 Å². The molecule has 0 amide bonds. The molecule has 0 bridgehead atoms. The summed E-state index contributed by atoms with van der Waals surface area (Å²) < 4.78 is 54.6. The molecule has 1 heterocycles. The molecule has 1 aromatic heterocycles. The van der Waals surface area contributed by atoms with Crippen LogP contribution in [0.3, 0.4) is 0 Å². The summed E-state index contributed by atoms with van der Waals surface area (Å²) in [5, 5.41) is 4.01. The topological polar surface area (TPSA) is 76.9 Å². The van der Waals surface area contributed by atoms with Crippen LogP contribution >= 0.6 is 0 Å². The molecule has 0 saturated heterocycles. The van der Waals surface area contributed by atoms with Gasteiger partial charge in [-0.15, -0.1) is 0 Å². The fraction of sp³-hybridized carbons (Fsp3) is 0.125. The van der Waals surface area contributed by atoms with Gasteiger partial charge in [0.05, 0.1) is 11.4 Å². The molecule has 0 saturated carbocycles. The summed E-state index contributed by atoms with van der Waals surface area (Å²) in [4.78, 5) is 3.53. The number of nitrogens with zero attached hydrogens (tertiary/aromatic N) is 3. The van der Waals surface area contributed by atoms with Crippen LogP contribution in [0.2, 0.25) is 0 Å². The van der Waals surface area contributed by atoms with Gasteiger partial charge in [0.15, 0.2) is 11.6 Å². The maximum Gasteiger partial charge on any atom is 0.240 e. The van der Waals surface area contributed by atoms with Crippen molar-refractivity contribution in [3.05, 3.63) is 77.9 Å². The van der Waals surface area contributed by atoms with Crippen molar-refractivity contribution in [2.45, 2.75) is 18.0 Å². The van der Waals surface area contributed by atoms with Gasteiger partial charge in [0, 0.05) is 6.54 Å². The highest BCUT2D eigenvalue weighted by molar-refractivity contribution is 7.89. The number of halogens is 2. The van der Waals surface area contributed by atoms with Crippen molar-refractivity contribution in [2.75, 3.05) is 0 Å². The van der Waals surface area contributed by atoms with Gasteiger partial charge in [-0.1, -0.05) is 24.3 Å². The van der Waals surface area contributed by atoms with Gasteiger partial charge in [-0.2, -0.15) is 5.10 Å². The van der Waals surface area contributed by atoms with Gasteiger partial charge in [0.2, 0.25) is 10.0 Å². The van der Waals surface area contributed by atoms with E-state index in [0.29, 0.717) is 12.6 Å². The van der Waals surface area contributed by atoms with Gasteiger partial charge < -0.3 is 0 Å². The monoisotopic (exact) mass is 364 g/mol. The van der Waals surface area contributed by atoms with E-state index in [2.05, 4.69) is 14.8 Å². The second-order valence-electron chi connectivity index (χ2n) is 5.31. The quantitative estimate of drug-likeness (QED) is 0.727. The number of aromatic nitrogens is 3. The Kier molecular flexibility index (Phi) is 4.86. The van der Waals surface area contributed by atoms with E-state index < -0.39 is 21.7 Å². The molecule has 2 aromatic carbocycles. The van der Waals surface area contributed by atoms with Crippen LogP contribution in [-0.2, 0) is 23.1 Å². The maximum absolute atomic E-state index is 13.2. The van der Waals surface area contributed by atoms with E-state index in [0.717, 1.165) is 23.3 Å². The summed E-state index contributed by atoms with van der Waals surface area (Å²) in [5.74, 6) is -2.31. The van der Waals surface area contributed by atoms with Crippen LogP contribution in [0.5, 0.6) is 0 Å². The molecule has 0 aliphatic rings.